The topological polar surface area (TPSA) is 40.5 Å². The van der Waals surface area contributed by atoms with Gasteiger partial charge in [0.1, 0.15) is 5.82 Å². The molecule has 3 rings (SSSR count). The smallest absolute Gasteiger partial charge is 0.416 e. The van der Waals surface area contributed by atoms with E-state index in [9.17, 15) is 22.4 Å². The van der Waals surface area contributed by atoms with Gasteiger partial charge < -0.3 is 10.0 Å². The van der Waals surface area contributed by atoms with Crippen LogP contribution in [0.5, 0.6) is 0 Å². The summed E-state index contributed by atoms with van der Waals surface area (Å²) in [4.78, 5) is 12.7. The van der Waals surface area contributed by atoms with Crippen molar-refractivity contribution in [1.29, 1.82) is 0 Å². The molecule has 1 aromatic carbocycles. The number of alkyl halides is 3. The molecular formula is C19H23F4NO2. The molecule has 0 amide bonds. The van der Waals surface area contributed by atoms with E-state index < -0.39 is 23.5 Å². The largest absolute Gasteiger partial charge is 0.481 e. The standard InChI is InChI=1S/C19H23F4NO2/c20-15-10-14(19(21,22)23)11-16(12-15)24-7-5-18(6-8-24)3-1-13(2-4-18)9-17(25)26/h10-13H,1-9H2,(H,25,26). The average molecular weight is 373 g/mol. The first-order valence-electron chi connectivity index (χ1n) is 9.01. The van der Waals surface area contributed by atoms with Gasteiger partial charge in [0.25, 0.3) is 0 Å². The fraction of sp³-hybridized carbons (Fsp3) is 0.632. The van der Waals surface area contributed by atoms with Crippen LogP contribution < -0.4 is 4.90 Å². The third-order valence-corrected chi connectivity index (χ3v) is 6.03. The quantitative estimate of drug-likeness (QED) is 0.750. The zero-order valence-electron chi connectivity index (χ0n) is 14.5. The molecule has 1 saturated heterocycles. The van der Waals surface area contributed by atoms with Gasteiger partial charge in [-0.25, -0.2) is 4.39 Å². The molecular weight excluding hydrogens is 350 g/mol. The van der Waals surface area contributed by atoms with E-state index in [1.807, 2.05) is 4.90 Å². The van der Waals surface area contributed by atoms with Crippen LogP contribution in [-0.4, -0.2) is 24.2 Å². The number of carboxylic acids is 1. The van der Waals surface area contributed by atoms with E-state index in [-0.39, 0.29) is 23.4 Å². The lowest BCUT2D eigenvalue weighted by Crippen LogP contribution is -2.42. The summed E-state index contributed by atoms with van der Waals surface area (Å²) in [6.45, 7) is 1.20. The number of nitrogens with zero attached hydrogens (tertiary/aromatic N) is 1. The van der Waals surface area contributed by atoms with E-state index in [0.29, 0.717) is 19.2 Å². The maximum Gasteiger partial charge on any atom is 0.416 e. The Bertz CT molecular complexity index is 656. The molecule has 1 heterocycles. The van der Waals surface area contributed by atoms with Crippen LogP contribution in [0.15, 0.2) is 18.2 Å². The number of carboxylic acid groups (broad SMARTS) is 1. The third kappa shape index (κ3) is 4.30. The molecule has 0 bridgehead atoms. The van der Waals surface area contributed by atoms with Crippen LogP contribution in [0.3, 0.4) is 0 Å². The van der Waals surface area contributed by atoms with Crippen molar-refractivity contribution in [2.24, 2.45) is 11.3 Å². The minimum atomic E-state index is -4.56. The number of halogens is 4. The maximum absolute atomic E-state index is 13.6. The van der Waals surface area contributed by atoms with E-state index in [2.05, 4.69) is 0 Å². The Morgan fingerprint density at radius 3 is 2.27 bits per heavy atom. The normalized spacial score (nSPS) is 21.2. The van der Waals surface area contributed by atoms with Crippen molar-refractivity contribution in [3.8, 4) is 0 Å². The molecule has 1 aromatic rings. The molecule has 144 valence electrons. The second-order valence-corrected chi connectivity index (χ2v) is 7.72. The second kappa shape index (κ2) is 7.08. The fourth-order valence-electron chi connectivity index (χ4n) is 4.40. The number of anilines is 1. The van der Waals surface area contributed by atoms with Gasteiger partial charge in [0, 0.05) is 25.2 Å². The van der Waals surface area contributed by atoms with Crippen LogP contribution >= 0.6 is 0 Å². The lowest BCUT2D eigenvalue weighted by molar-refractivity contribution is -0.139. The van der Waals surface area contributed by atoms with Crippen molar-refractivity contribution in [1.82, 2.24) is 0 Å². The van der Waals surface area contributed by atoms with Gasteiger partial charge >= 0.3 is 12.1 Å². The summed E-state index contributed by atoms with van der Waals surface area (Å²) >= 11 is 0. The van der Waals surface area contributed by atoms with Crippen LogP contribution in [0.2, 0.25) is 0 Å². The first kappa shape index (κ1) is 19.0. The Balaban J connectivity index is 1.63. The van der Waals surface area contributed by atoms with Gasteiger partial charge in [0.05, 0.1) is 5.56 Å². The van der Waals surface area contributed by atoms with Crippen molar-refractivity contribution in [3.05, 3.63) is 29.6 Å². The van der Waals surface area contributed by atoms with Crippen LogP contribution in [0.4, 0.5) is 23.2 Å². The van der Waals surface area contributed by atoms with Gasteiger partial charge in [-0.3, -0.25) is 4.79 Å². The number of carbonyl (C=O) groups is 1. The molecule has 1 aliphatic heterocycles. The lowest BCUT2D eigenvalue weighted by Gasteiger charge is -2.46. The summed E-state index contributed by atoms with van der Waals surface area (Å²) < 4.78 is 52.3. The second-order valence-electron chi connectivity index (χ2n) is 7.72. The molecule has 2 fully saturated rings. The molecule has 3 nitrogen and oxygen atoms in total. The summed E-state index contributed by atoms with van der Waals surface area (Å²) in [7, 11) is 0. The van der Waals surface area contributed by atoms with Crippen LogP contribution in [0.1, 0.15) is 50.5 Å². The van der Waals surface area contributed by atoms with E-state index in [1.54, 1.807) is 0 Å². The molecule has 1 saturated carbocycles. The Kier molecular flexibility index (Phi) is 5.17. The molecule has 2 aliphatic rings. The number of piperidine rings is 1. The molecule has 26 heavy (non-hydrogen) atoms. The predicted molar refractivity (Wildman–Crippen MR) is 89.5 cm³/mol. The summed E-state index contributed by atoms with van der Waals surface area (Å²) in [5, 5.41) is 8.91. The van der Waals surface area contributed by atoms with Crippen molar-refractivity contribution in [3.63, 3.8) is 0 Å². The van der Waals surface area contributed by atoms with Crippen molar-refractivity contribution in [2.75, 3.05) is 18.0 Å². The monoisotopic (exact) mass is 373 g/mol. The molecule has 1 aliphatic carbocycles. The average Bonchev–Trinajstić information content (AvgIpc) is 2.56. The van der Waals surface area contributed by atoms with E-state index in [1.165, 1.54) is 0 Å². The van der Waals surface area contributed by atoms with Gasteiger partial charge in [-0.2, -0.15) is 13.2 Å². The highest BCUT2D eigenvalue weighted by Crippen LogP contribution is 2.47. The van der Waals surface area contributed by atoms with Crippen LogP contribution in [-0.2, 0) is 11.0 Å². The Morgan fingerprint density at radius 2 is 1.73 bits per heavy atom. The first-order valence-corrected chi connectivity index (χ1v) is 9.01. The summed E-state index contributed by atoms with van der Waals surface area (Å²) in [5.41, 5.74) is -0.514. The molecule has 0 atom stereocenters. The minimum Gasteiger partial charge on any atom is -0.481 e. The number of rotatable bonds is 3. The highest BCUT2D eigenvalue weighted by atomic mass is 19.4. The van der Waals surface area contributed by atoms with Gasteiger partial charge in [-0.15, -0.1) is 0 Å². The SMILES string of the molecule is O=C(O)CC1CCC2(CC1)CCN(c1cc(F)cc(C(F)(F)F)c1)CC2. The number of aliphatic carboxylic acids is 1. The van der Waals surface area contributed by atoms with Crippen molar-refractivity contribution in [2.45, 2.75) is 51.1 Å². The number of hydrogen-bond donors (Lipinski definition) is 1. The molecule has 1 spiro atoms. The minimum absolute atomic E-state index is 0.158. The van der Waals surface area contributed by atoms with Gasteiger partial charge in [-0.1, -0.05) is 0 Å². The van der Waals surface area contributed by atoms with Crippen LogP contribution in [0.25, 0.3) is 0 Å². The number of hydrogen-bond acceptors (Lipinski definition) is 2. The first-order chi connectivity index (χ1) is 12.2. The van der Waals surface area contributed by atoms with Crippen LogP contribution in [0, 0.1) is 17.2 Å². The van der Waals surface area contributed by atoms with E-state index in [4.69, 9.17) is 5.11 Å². The van der Waals surface area contributed by atoms with Gasteiger partial charge in [-0.05, 0) is 68.1 Å². The van der Waals surface area contributed by atoms with Crippen molar-refractivity contribution < 1.29 is 27.5 Å². The zero-order chi connectivity index (χ0) is 18.9. The Hall–Kier alpha value is -1.79. The molecule has 1 N–H and O–H groups in total. The Morgan fingerprint density at radius 1 is 1.12 bits per heavy atom. The molecule has 0 unspecified atom stereocenters. The highest BCUT2D eigenvalue weighted by Gasteiger charge is 2.39. The molecule has 7 heteroatoms. The summed E-state index contributed by atoms with van der Waals surface area (Å²) in [6.07, 6.45) is 1.08. The van der Waals surface area contributed by atoms with Gasteiger partial charge in [0.2, 0.25) is 0 Å². The fourth-order valence-corrected chi connectivity index (χ4v) is 4.40. The molecule has 0 radical (unpaired) electrons. The highest BCUT2D eigenvalue weighted by molar-refractivity contribution is 5.67. The van der Waals surface area contributed by atoms with Crippen molar-refractivity contribution >= 4 is 11.7 Å². The van der Waals surface area contributed by atoms with E-state index >= 15 is 0 Å². The maximum atomic E-state index is 13.6. The lowest BCUT2D eigenvalue weighted by atomic mass is 9.65. The molecule has 0 aromatic heterocycles. The predicted octanol–water partition coefficient (Wildman–Crippen LogP) is 5.10. The zero-order valence-corrected chi connectivity index (χ0v) is 14.5. The number of benzene rings is 1. The Labute approximate surface area is 150 Å². The third-order valence-electron chi connectivity index (χ3n) is 6.03. The van der Waals surface area contributed by atoms with E-state index in [0.717, 1.165) is 50.7 Å². The summed E-state index contributed by atoms with van der Waals surface area (Å²) in [6, 6.07) is 2.71. The summed E-state index contributed by atoms with van der Waals surface area (Å²) in [5.74, 6) is -1.40. The van der Waals surface area contributed by atoms with Gasteiger partial charge in [0.15, 0.2) is 0 Å².